The van der Waals surface area contributed by atoms with Crippen molar-refractivity contribution in [3.05, 3.63) is 48.0 Å². The first kappa shape index (κ1) is 30.2. The molecule has 2 aromatic carbocycles. The monoisotopic (exact) mass is 546 g/mol. The highest BCUT2D eigenvalue weighted by Crippen LogP contribution is 2.25. The fraction of sp³-hybridized carbons (Fsp3) is 0.571. The molecule has 5 N–H and O–H groups in total. The molecule has 0 bridgehead atoms. The predicted octanol–water partition coefficient (Wildman–Crippen LogP) is 1.58. The van der Waals surface area contributed by atoms with Gasteiger partial charge in [-0.1, -0.05) is 68.7 Å². The van der Waals surface area contributed by atoms with E-state index in [4.69, 9.17) is 5.73 Å². The number of nitrogens with zero attached hydrogens (tertiary/aromatic N) is 1. The molecule has 210 valence electrons. The van der Waals surface area contributed by atoms with Crippen molar-refractivity contribution < 1.29 is 23.1 Å². The number of hydrogen-bond acceptors (Lipinski definition) is 7. The van der Waals surface area contributed by atoms with Gasteiger partial charge in [-0.25, -0.2) is 8.42 Å². The van der Waals surface area contributed by atoms with Crippen LogP contribution >= 0.6 is 0 Å². The second kappa shape index (κ2) is 14.1. The van der Waals surface area contributed by atoms with E-state index < -0.39 is 28.1 Å². The van der Waals surface area contributed by atoms with Gasteiger partial charge >= 0.3 is 0 Å². The molecule has 1 aliphatic carbocycles. The first-order valence-corrected chi connectivity index (χ1v) is 15.3. The number of hydrogen-bond donors (Lipinski definition) is 4. The average Bonchev–Trinajstić information content (AvgIpc) is 2.90. The quantitative estimate of drug-likeness (QED) is 0.282. The Hall–Kier alpha value is -2.37. The number of benzene rings is 2. The summed E-state index contributed by atoms with van der Waals surface area (Å²) in [6.07, 6.45) is 5.37. The topological polar surface area (TPSA) is 142 Å². The van der Waals surface area contributed by atoms with Gasteiger partial charge in [-0.15, -0.1) is 0 Å². The average molecular weight is 547 g/mol. The van der Waals surface area contributed by atoms with E-state index in [1.165, 1.54) is 10.6 Å². The van der Waals surface area contributed by atoms with E-state index >= 15 is 0 Å². The Labute approximate surface area is 226 Å². The number of Topliss-reactive ketones (excluding diaryl/α,β-unsaturated/α-hetero) is 1. The zero-order valence-corrected chi connectivity index (χ0v) is 23.3. The van der Waals surface area contributed by atoms with Gasteiger partial charge in [0.15, 0.2) is 5.78 Å². The Morgan fingerprint density at radius 1 is 1.11 bits per heavy atom. The van der Waals surface area contributed by atoms with Crippen LogP contribution in [0.1, 0.15) is 44.6 Å². The van der Waals surface area contributed by atoms with Gasteiger partial charge < -0.3 is 21.5 Å². The first-order valence-electron chi connectivity index (χ1n) is 13.4. The van der Waals surface area contributed by atoms with Crippen LogP contribution in [0.2, 0.25) is 0 Å². The second-order valence-electron chi connectivity index (χ2n) is 10.5. The molecule has 1 fully saturated rings. The Balaban J connectivity index is 1.73. The van der Waals surface area contributed by atoms with E-state index in [-0.39, 0.29) is 43.9 Å². The molecule has 3 rings (SSSR count). The Kier molecular flexibility index (Phi) is 11.2. The van der Waals surface area contributed by atoms with Gasteiger partial charge in [-0.05, 0) is 35.6 Å². The summed E-state index contributed by atoms with van der Waals surface area (Å²) in [5, 5.41) is 17.6. The minimum Gasteiger partial charge on any atom is -0.390 e. The van der Waals surface area contributed by atoms with E-state index in [2.05, 4.69) is 10.6 Å². The molecule has 1 saturated carbocycles. The number of ketones is 1. The van der Waals surface area contributed by atoms with Crippen molar-refractivity contribution in [3.8, 4) is 0 Å². The van der Waals surface area contributed by atoms with Crippen molar-refractivity contribution in [1.82, 2.24) is 14.9 Å². The van der Waals surface area contributed by atoms with Crippen LogP contribution in [-0.2, 0) is 26.0 Å². The SMILES string of the molecule is CC(CN(C1CCCCC1)S(C)(=O)=O)C(=O)NC(Cc1ccc2ccccc2c1)C(=O)CNCC(O)CN. The summed E-state index contributed by atoms with van der Waals surface area (Å²) >= 11 is 0. The van der Waals surface area contributed by atoms with Crippen molar-refractivity contribution in [2.45, 2.75) is 63.6 Å². The number of nitrogens with one attached hydrogen (secondary N) is 2. The summed E-state index contributed by atoms with van der Waals surface area (Å²) in [5.41, 5.74) is 6.34. The Bertz CT molecular complexity index is 1180. The van der Waals surface area contributed by atoms with Gasteiger partial charge in [-0.2, -0.15) is 4.31 Å². The Morgan fingerprint density at radius 2 is 1.79 bits per heavy atom. The van der Waals surface area contributed by atoms with Crippen LogP contribution < -0.4 is 16.4 Å². The third-order valence-electron chi connectivity index (χ3n) is 7.22. The fourth-order valence-electron chi connectivity index (χ4n) is 5.01. The van der Waals surface area contributed by atoms with Crippen molar-refractivity contribution >= 4 is 32.5 Å². The summed E-state index contributed by atoms with van der Waals surface area (Å²) in [6, 6.07) is 13.0. The number of amides is 1. The zero-order chi connectivity index (χ0) is 27.7. The van der Waals surface area contributed by atoms with E-state index in [0.717, 1.165) is 48.4 Å². The number of rotatable bonds is 14. The third-order valence-corrected chi connectivity index (χ3v) is 8.52. The normalized spacial score (nSPS) is 17.3. The van der Waals surface area contributed by atoms with Gasteiger partial charge in [0.25, 0.3) is 0 Å². The van der Waals surface area contributed by atoms with Crippen LogP contribution in [0, 0.1) is 5.92 Å². The number of fused-ring (bicyclic) bond motifs is 1. The van der Waals surface area contributed by atoms with Crippen LogP contribution in [0.4, 0.5) is 0 Å². The van der Waals surface area contributed by atoms with E-state index in [1.807, 2.05) is 42.5 Å². The van der Waals surface area contributed by atoms with E-state index in [0.29, 0.717) is 6.42 Å². The maximum atomic E-state index is 13.3. The third kappa shape index (κ3) is 8.84. The highest BCUT2D eigenvalue weighted by Gasteiger charge is 2.32. The lowest BCUT2D eigenvalue weighted by atomic mass is 9.95. The highest BCUT2D eigenvalue weighted by molar-refractivity contribution is 7.88. The maximum Gasteiger partial charge on any atom is 0.224 e. The van der Waals surface area contributed by atoms with Crippen molar-refractivity contribution in [2.75, 3.05) is 32.4 Å². The van der Waals surface area contributed by atoms with Gasteiger partial charge in [-0.3, -0.25) is 9.59 Å². The number of carbonyl (C=O) groups is 2. The van der Waals surface area contributed by atoms with Gasteiger partial charge in [0.05, 0.1) is 24.9 Å². The molecular formula is C28H42N4O5S. The molecule has 0 heterocycles. The molecule has 38 heavy (non-hydrogen) atoms. The van der Waals surface area contributed by atoms with Crippen LogP contribution in [-0.4, -0.2) is 80.1 Å². The molecular weight excluding hydrogens is 504 g/mol. The van der Waals surface area contributed by atoms with Gasteiger partial charge in [0.1, 0.15) is 0 Å². The van der Waals surface area contributed by atoms with Crippen LogP contribution in [0.5, 0.6) is 0 Å². The van der Waals surface area contributed by atoms with Crippen LogP contribution in [0.3, 0.4) is 0 Å². The van der Waals surface area contributed by atoms with Crippen molar-refractivity contribution in [1.29, 1.82) is 0 Å². The van der Waals surface area contributed by atoms with E-state index in [1.54, 1.807) is 6.92 Å². The molecule has 2 aromatic rings. The molecule has 3 unspecified atom stereocenters. The molecule has 0 aliphatic heterocycles. The molecule has 3 atom stereocenters. The highest BCUT2D eigenvalue weighted by atomic mass is 32.2. The molecule has 1 amide bonds. The molecule has 0 spiro atoms. The number of carbonyl (C=O) groups excluding carboxylic acids is 2. The standard InChI is InChI=1S/C28H42N4O5S/c1-20(19-32(38(2,36)37)24-10-4-3-5-11-24)28(35)31-26(27(34)18-30-17-25(33)16-29)15-21-12-13-22-8-6-7-9-23(22)14-21/h6-9,12-14,20,24-26,30,33H,3-5,10-11,15-19,29H2,1-2H3,(H,31,35). The second-order valence-corrected chi connectivity index (χ2v) is 12.4. The summed E-state index contributed by atoms with van der Waals surface area (Å²) in [6.45, 7) is 1.98. The van der Waals surface area contributed by atoms with Crippen molar-refractivity contribution in [2.24, 2.45) is 11.7 Å². The van der Waals surface area contributed by atoms with Crippen molar-refractivity contribution in [3.63, 3.8) is 0 Å². The van der Waals surface area contributed by atoms with Crippen LogP contribution in [0.25, 0.3) is 10.8 Å². The smallest absolute Gasteiger partial charge is 0.224 e. The summed E-state index contributed by atoms with van der Waals surface area (Å²) in [4.78, 5) is 26.4. The van der Waals surface area contributed by atoms with Gasteiger partial charge in [0, 0.05) is 31.6 Å². The molecule has 10 heteroatoms. The number of sulfonamides is 1. The van der Waals surface area contributed by atoms with Crippen LogP contribution in [0.15, 0.2) is 42.5 Å². The first-order chi connectivity index (χ1) is 18.1. The van der Waals surface area contributed by atoms with Gasteiger partial charge in [0.2, 0.25) is 15.9 Å². The lowest BCUT2D eigenvalue weighted by Gasteiger charge is -2.34. The number of aliphatic hydroxyl groups is 1. The fourth-order valence-corrected chi connectivity index (χ4v) is 6.25. The predicted molar refractivity (Wildman–Crippen MR) is 150 cm³/mol. The Morgan fingerprint density at radius 3 is 2.45 bits per heavy atom. The summed E-state index contributed by atoms with van der Waals surface area (Å²) in [5.74, 6) is -1.23. The molecule has 1 aliphatic rings. The largest absolute Gasteiger partial charge is 0.390 e. The zero-order valence-electron chi connectivity index (χ0n) is 22.4. The number of aliphatic hydroxyl groups excluding tert-OH is 1. The van der Waals surface area contributed by atoms with E-state index in [9.17, 15) is 23.1 Å². The molecule has 9 nitrogen and oxygen atoms in total. The number of nitrogens with two attached hydrogens (primary N) is 1. The lowest BCUT2D eigenvalue weighted by Crippen LogP contribution is -2.51. The minimum absolute atomic E-state index is 0.0402. The maximum absolute atomic E-state index is 13.3. The lowest BCUT2D eigenvalue weighted by molar-refractivity contribution is -0.129. The molecule has 0 aromatic heterocycles. The molecule has 0 radical (unpaired) electrons. The summed E-state index contributed by atoms with van der Waals surface area (Å²) < 4.78 is 26.6. The minimum atomic E-state index is -3.49. The summed E-state index contributed by atoms with van der Waals surface area (Å²) in [7, 11) is -3.49. The molecule has 0 saturated heterocycles.